The molecule has 0 radical (unpaired) electrons. The number of hydrogen-bond acceptors (Lipinski definition) is 2. The summed E-state index contributed by atoms with van der Waals surface area (Å²) in [5.74, 6) is 1.30. The second-order valence-corrected chi connectivity index (χ2v) is 5.87. The Morgan fingerprint density at radius 3 is 2.50 bits per heavy atom. The summed E-state index contributed by atoms with van der Waals surface area (Å²) in [5, 5.41) is 3.09. The summed E-state index contributed by atoms with van der Waals surface area (Å²) in [6.45, 7) is 6.70. The minimum Gasteiger partial charge on any atom is -0.370 e. The van der Waals surface area contributed by atoms with E-state index in [1.54, 1.807) is 0 Å². The molecule has 3 atom stereocenters. The molecule has 0 spiro atoms. The van der Waals surface area contributed by atoms with Crippen LogP contribution in [0.2, 0.25) is 0 Å². The number of amides is 2. The highest BCUT2D eigenvalue weighted by Crippen LogP contribution is 2.35. The van der Waals surface area contributed by atoms with Crippen molar-refractivity contribution in [3.8, 4) is 0 Å². The Balaban J connectivity index is 2.52. The first-order valence-corrected chi connectivity index (χ1v) is 6.99. The summed E-state index contributed by atoms with van der Waals surface area (Å²) < 4.78 is 0. The first-order chi connectivity index (χ1) is 8.41. The number of rotatable bonds is 5. The molecule has 0 aromatic rings. The Morgan fingerprint density at radius 2 is 1.94 bits per heavy atom. The van der Waals surface area contributed by atoms with Crippen LogP contribution in [-0.2, 0) is 9.59 Å². The molecule has 4 heteroatoms. The molecule has 0 aromatic carbocycles. The van der Waals surface area contributed by atoms with E-state index in [-0.39, 0.29) is 24.8 Å². The second-order valence-electron chi connectivity index (χ2n) is 5.87. The van der Waals surface area contributed by atoms with Gasteiger partial charge in [-0.05, 0) is 24.2 Å². The predicted molar refractivity (Wildman–Crippen MR) is 71.7 cm³/mol. The smallest absolute Gasteiger partial charge is 0.220 e. The lowest BCUT2D eigenvalue weighted by Gasteiger charge is -2.39. The van der Waals surface area contributed by atoms with Gasteiger partial charge in [0.05, 0.1) is 0 Å². The maximum Gasteiger partial charge on any atom is 0.220 e. The van der Waals surface area contributed by atoms with E-state index in [0.29, 0.717) is 17.8 Å². The molecule has 18 heavy (non-hydrogen) atoms. The Kier molecular flexibility index (Phi) is 5.63. The summed E-state index contributed by atoms with van der Waals surface area (Å²) in [7, 11) is 0. The monoisotopic (exact) mass is 254 g/mol. The van der Waals surface area contributed by atoms with Gasteiger partial charge in [-0.15, -0.1) is 0 Å². The van der Waals surface area contributed by atoms with Crippen molar-refractivity contribution in [1.29, 1.82) is 0 Å². The van der Waals surface area contributed by atoms with Crippen LogP contribution in [0.25, 0.3) is 0 Å². The van der Waals surface area contributed by atoms with E-state index in [1.165, 1.54) is 12.8 Å². The molecule has 1 aliphatic carbocycles. The normalized spacial score (nSPS) is 28.1. The van der Waals surface area contributed by atoms with Crippen LogP contribution in [0.1, 0.15) is 52.9 Å². The molecule has 0 bridgehead atoms. The van der Waals surface area contributed by atoms with E-state index >= 15 is 0 Å². The number of primary amides is 1. The van der Waals surface area contributed by atoms with Crippen molar-refractivity contribution in [1.82, 2.24) is 5.32 Å². The summed E-state index contributed by atoms with van der Waals surface area (Å²) in [6.07, 6.45) is 3.82. The van der Waals surface area contributed by atoms with E-state index in [0.717, 1.165) is 6.42 Å². The zero-order valence-electron chi connectivity index (χ0n) is 11.7. The van der Waals surface area contributed by atoms with Crippen LogP contribution in [0, 0.1) is 17.8 Å². The van der Waals surface area contributed by atoms with E-state index in [1.807, 2.05) is 0 Å². The van der Waals surface area contributed by atoms with Gasteiger partial charge in [-0.25, -0.2) is 0 Å². The topological polar surface area (TPSA) is 72.2 Å². The molecule has 1 saturated carbocycles. The van der Waals surface area contributed by atoms with Gasteiger partial charge in [0, 0.05) is 18.9 Å². The van der Waals surface area contributed by atoms with Gasteiger partial charge >= 0.3 is 0 Å². The van der Waals surface area contributed by atoms with Crippen LogP contribution in [0.3, 0.4) is 0 Å². The highest BCUT2D eigenvalue weighted by molar-refractivity contribution is 5.82. The summed E-state index contributed by atoms with van der Waals surface area (Å²) >= 11 is 0. The Bertz CT molecular complexity index is 302. The number of hydrogen-bond donors (Lipinski definition) is 2. The van der Waals surface area contributed by atoms with E-state index < -0.39 is 5.91 Å². The quantitative estimate of drug-likeness (QED) is 0.785. The van der Waals surface area contributed by atoms with Crippen LogP contribution < -0.4 is 11.1 Å². The first kappa shape index (κ1) is 15.0. The average Bonchev–Trinajstić information content (AvgIpc) is 2.26. The molecule has 0 heterocycles. The molecule has 0 saturated heterocycles. The van der Waals surface area contributed by atoms with Gasteiger partial charge in [0.1, 0.15) is 0 Å². The highest BCUT2D eigenvalue weighted by atomic mass is 16.2. The van der Waals surface area contributed by atoms with Gasteiger partial charge in [0.15, 0.2) is 0 Å². The van der Waals surface area contributed by atoms with Crippen LogP contribution in [-0.4, -0.2) is 17.9 Å². The van der Waals surface area contributed by atoms with Crippen molar-refractivity contribution < 1.29 is 9.59 Å². The molecule has 104 valence electrons. The molecule has 0 aromatic heterocycles. The van der Waals surface area contributed by atoms with E-state index in [2.05, 4.69) is 26.1 Å². The van der Waals surface area contributed by atoms with Crippen LogP contribution >= 0.6 is 0 Å². The Hall–Kier alpha value is -1.06. The fourth-order valence-corrected chi connectivity index (χ4v) is 3.25. The molecule has 1 aliphatic rings. The molecular weight excluding hydrogens is 228 g/mol. The SMILES string of the molecule is CC(C)C1C(C)CCCC1NC(=O)CCC(N)=O. The zero-order chi connectivity index (χ0) is 13.7. The van der Waals surface area contributed by atoms with Crippen molar-refractivity contribution in [2.45, 2.75) is 58.9 Å². The van der Waals surface area contributed by atoms with Crippen molar-refractivity contribution in [3.05, 3.63) is 0 Å². The van der Waals surface area contributed by atoms with Gasteiger partial charge in [-0.1, -0.05) is 33.6 Å². The van der Waals surface area contributed by atoms with Crippen molar-refractivity contribution >= 4 is 11.8 Å². The number of carbonyl (C=O) groups is 2. The minimum absolute atomic E-state index is 0.0430. The fraction of sp³-hybridized carbons (Fsp3) is 0.857. The van der Waals surface area contributed by atoms with Crippen molar-refractivity contribution in [3.63, 3.8) is 0 Å². The third-order valence-corrected chi connectivity index (χ3v) is 4.01. The third kappa shape index (κ3) is 4.31. The molecule has 2 amide bonds. The summed E-state index contributed by atoms with van der Waals surface area (Å²) in [6, 6.07) is 0.258. The number of carbonyl (C=O) groups excluding carboxylic acids is 2. The van der Waals surface area contributed by atoms with Crippen molar-refractivity contribution in [2.75, 3.05) is 0 Å². The van der Waals surface area contributed by atoms with E-state index in [4.69, 9.17) is 5.73 Å². The van der Waals surface area contributed by atoms with Crippen LogP contribution in [0.4, 0.5) is 0 Å². The van der Waals surface area contributed by atoms with Crippen molar-refractivity contribution in [2.24, 2.45) is 23.5 Å². The third-order valence-electron chi connectivity index (χ3n) is 4.01. The molecule has 4 nitrogen and oxygen atoms in total. The molecule has 1 rings (SSSR count). The summed E-state index contributed by atoms with van der Waals surface area (Å²) in [5.41, 5.74) is 5.05. The largest absolute Gasteiger partial charge is 0.370 e. The molecule has 3 N–H and O–H groups in total. The predicted octanol–water partition coefficient (Wildman–Crippen LogP) is 1.83. The lowest BCUT2D eigenvalue weighted by Crippen LogP contribution is -2.47. The van der Waals surface area contributed by atoms with Gasteiger partial charge in [0.2, 0.25) is 11.8 Å². The second kappa shape index (κ2) is 6.76. The maximum absolute atomic E-state index is 11.8. The zero-order valence-corrected chi connectivity index (χ0v) is 11.7. The molecule has 1 fully saturated rings. The maximum atomic E-state index is 11.8. The minimum atomic E-state index is -0.414. The van der Waals surface area contributed by atoms with E-state index in [9.17, 15) is 9.59 Å². The van der Waals surface area contributed by atoms with Gasteiger partial charge in [0.25, 0.3) is 0 Å². The lowest BCUT2D eigenvalue weighted by atomic mass is 9.71. The Labute approximate surface area is 110 Å². The Morgan fingerprint density at radius 1 is 1.28 bits per heavy atom. The molecule has 0 aliphatic heterocycles. The standard InChI is InChI=1S/C14H26N2O2/c1-9(2)14-10(3)5-4-6-11(14)16-13(18)8-7-12(15)17/h9-11,14H,4-8H2,1-3H3,(H2,15,17)(H,16,18). The lowest BCUT2D eigenvalue weighted by molar-refractivity contribution is -0.126. The number of nitrogens with one attached hydrogen (secondary N) is 1. The van der Waals surface area contributed by atoms with Crippen LogP contribution in [0.15, 0.2) is 0 Å². The summed E-state index contributed by atoms with van der Waals surface area (Å²) in [4.78, 5) is 22.4. The van der Waals surface area contributed by atoms with Gasteiger partial charge in [-0.3, -0.25) is 9.59 Å². The van der Waals surface area contributed by atoms with Gasteiger partial charge < -0.3 is 11.1 Å². The van der Waals surface area contributed by atoms with Gasteiger partial charge in [-0.2, -0.15) is 0 Å². The molecular formula is C14H26N2O2. The van der Waals surface area contributed by atoms with Crippen LogP contribution in [0.5, 0.6) is 0 Å². The first-order valence-electron chi connectivity index (χ1n) is 6.99. The number of nitrogens with two attached hydrogens (primary N) is 1. The molecule has 3 unspecified atom stereocenters. The average molecular weight is 254 g/mol. The highest BCUT2D eigenvalue weighted by Gasteiger charge is 2.33. The fourth-order valence-electron chi connectivity index (χ4n) is 3.25.